The number of nitrogens with zero attached hydrogens (tertiary/aromatic N) is 1. The number of carbonyl (C=O) groups is 6. The number of esters is 1. The van der Waals surface area contributed by atoms with Gasteiger partial charge in [0.05, 0.1) is 24.2 Å². The van der Waals surface area contributed by atoms with Gasteiger partial charge in [0.1, 0.15) is 47.8 Å². The predicted molar refractivity (Wildman–Crippen MR) is 321 cm³/mol. The Balaban J connectivity index is 0.00000649. The molecule has 466 valence electrons. The Hall–Kier alpha value is -5.27. The average molecular weight is 1160 g/mol. The molecule has 4 amide bonds. The molecule has 0 saturated carbocycles. The minimum atomic E-state index is -1.58. The van der Waals surface area contributed by atoms with Crippen LogP contribution < -0.4 is 21.4 Å². The van der Waals surface area contributed by atoms with E-state index in [1.807, 2.05) is 97.9 Å². The molecule has 3 rings (SSSR count). The summed E-state index contributed by atoms with van der Waals surface area (Å²) in [6.45, 7) is 26.4. The number of carbonyl (C=O) groups excluding carboxylic acids is 6. The van der Waals surface area contributed by atoms with Crippen LogP contribution in [0.4, 0.5) is 4.39 Å². The van der Waals surface area contributed by atoms with E-state index in [-0.39, 0.29) is 48.0 Å². The summed E-state index contributed by atoms with van der Waals surface area (Å²) in [5.41, 5.74) is 2.41. The number of rotatable bonds is 23. The van der Waals surface area contributed by atoms with Crippen LogP contribution in [-0.4, -0.2) is 122 Å². The van der Waals surface area contributed by atoms with Gasteiger partial charge in [-0.05, 0) is 124 Å². The summed E-state index contributed by atoms with van der Waals surface area (Å²) < 4.78 is 20.7. The standard InChI is InChI=1S/C60H96FN5O11.C2H4O.C2H6/c1-12-22-48-55(71)41(8)25-17-14-15-20-27-52(40(7)24-19-16-18-23-39(6)51(69)29-28-42(9)54(70)44(11)60(76,62-36-67)43(10)31-38(5)13-2)77-59(75)49-26-21-30-66(65-49)58(74)50(34-45-32-46(61)35-47(68)33-45)63-57(73)53(37(3)4)64-56(48)72;1-2-3;1-2/h14-17,19-20,24,32-33,35-39,41-44,48-55,65,68-71,76H,12-13,18,21-23,25-31,34H2,1-11H3,(H,62,67)(H,63,73)(H,64,72);2H,1H3;1-2H3/b17-14+,19-16+,20-15+,40-24+;;/t38?,39?,41?,42?,43-,44?,48?,49?,50?,51?,52-,53?,54?,55?,60+;;/m0../s1. The minimum absolute atomic E-state index is 0.0596. The number of phenols is 1. The number of allylic oxidation sites excluding steroid dienone is 6. The number of phenolic OH excluding ortho intramolecular Hbond substituents is 1. The molecule has 82 heavy (non-hydrogen) atoms. The SMILES string of the molecule is CC.CC=O.CCCC1C(=O)NC(C(C)C)C(=O)NC(Cc2cc(O)cc(F)c2)C(=O)N2CCCC(N2)C(=O)O[C@H](/C(C)=C/C=C/CCC(C)C(O)CCC(C)C(O)C(C)[C@@](O)(NC=O)[C@@H](C)CC(C)CC)C/C=C/C=C/CC(C)C1O. The molecule has 1 aromatic rings. The summed E-state index contributed by atoms with van der Waals surface area (Å²) in [6.07, 6.45) is 17.3. The summed E-state index contributed by atoms with van der Waals surface area (Å²) in [5, 5.41) is 65.3. The Bertz CT molecular complexity index is 2190. The number of amides is 4. The number of nitrogens with one attached hydrogen (secondary N) is 4. The summed E-state index contributed by atoms with van der Waals surface area (Å²) >= 11 is 0. The molecule has 2 heterocycles. The third kappa shape index (κ3) is 24.9. The largest absolute Gasteiger partial charge is 0.508 e. The first-order valence-corrected chi connectivity index (χ1v) is 30.2. The molecule has 1 fully saturated rings. The van der Waals surface area contributed by atoms with Crippen molar-refractivity contribution >= 4 is 36.4 Å². The zero-order valence-electron chi connectivity index (χ0n) is 51.9. The van der Waals surface area contributed by atoms with E-state index in [1.54, 1.807) is 20.8 Å². The number of hydrogen-bond acceptors (Lipinski definition) is 13. The van der Waals surface area contributed by atoms with Crippen LogP contribution in [0.3, 0.4) is 0 Å². The van der Waals surface area contributed by atoms with Crippen LogP contribution in [0.2, 0.25) is 0 Å². The van der Waals surface area contributed by atoms with E-state index < -0.39 is 95.5 Å². The van der Waals surface area contributed by atoms with E-state index in [0.717, 1.165) is 30.4 Å². The molecule has 15 atom stereocenters. The molecule has 2 aliphatic rings. The lowest BCUT2D eigenvalue weighted by molar-refractivity contribution is -0.156. The Labute approximate surface area is 490 Å². The van der Waals surface area contributed by atoms with Gasteiger partial charge in [-0.3, -0.25) is 29.0 Å². The Kier molecular flexibility index (Phi) is 35.8. The highest BCUT2D eigenvalue weighted by Gasteiger charge is 2.44. The van der Waals surface area contributed by atoms with Crippen molar-refractivity contribution < 1.29 is 63.4 Å². The maximum atomic E-state index is 14.5. The van der Waals surface area contributed by atoms with Crippen molar-refractivity contribution in [3.05, 3.63) is 77.7 Å². The zero-order chi connectivity index (χ0) is 62.3. The molecule has 2 aliphatic heterocycles. The first kappa shape index (κ1) is 74.7. The van der Waals surface area contributed by atoms with Crippen molar-refractivity contribution in [3.8, 4) is 5.75 Å². The maximum absolute atomic E-state index is 14.5. The van der Waals surface area contributed by atoms with Gasteiger partial charge >= 0.3 is 5.97 Å². The second-order valence-electron chi connectivity index (χ2n) is 23.0. The van der Waals surface area contributed by atoms with Crippen LogP contribution in [-0.2, 0) is 39.9 Å². The molecule has 0 radical (unpaired) electrons. The summed E-state index contributed by atoms with van der Waals surface area (Å²) in [7, 11) is 0. The summed E-state index contributed by atoms with van der Waals surface area (Å²) in [5.74, 6) is -6.01. The molecule has 0 spiro atoms. The second kappa shape index (κ2) is 39.3. The smallest absolute Gasteiger partial charge is 0.325 e. The van der Waals surface area contributed by atoms with Crippen molar-refractivity contribution in [3.63, 3.8) is 0 Å². The first-order chi connectivity index (χ1) is 38.8. The second-order valence-corrected chi connectivity index (χ2v) is 23.0. The number of fused-ring (bicyclic) bond motifs is 2. The van der Waals surface area contributed by atoms with Crippen LogP contribution >= 0.6 is 0 Å². The monoisotopic (exact) mass is 1160 g/mol. The van der Waals surface area contributed by atoms with Crippen LogP contribution in [0.1, 0.15) is 180 Å². The Morgan fingerprint density at radius 3 is 2.17 bits per heavy atom. The lowest BCUT2D eigenvalue weighted by atomic mass is 9.75. The maximum Gasteiger partial charge on any atom is 0.325 e. The molecule has 1 saturated heterocycles. The highest BCUT2D eigenvalue weighted by atomic mass is 19.1. The third-order valence-electron chi connectivity index (χ3n) is 16.1. The number of halogens is 1. The van der Waals surface area contributed by atoms with Gasteiger partial charge in [0.15, 0.2) is 0 Å². The van der Waals surface area contributed by atoms with E-state index in [1.165, 1.54) is 18.0 Å². The van der Waals surface area contributed by atoms with Crippen molar-refractivity contribution in [1.82, 2.24) is 26.4 Å². The lowest BCUT2D eigenvalue weighted by Crippen LogP contribution is -2.62. The molecular weight excluding hydrogens is 1050 g/mol. The van der Waals surface area contributed by atoms with Gasteiger partial charge < -0.3 is 51.0 Å². The molecule has 17 nitrogen and oxygen atoms in total. The number of aliphatic hydroxyl groups excluding tert-OH is 3. The summed E-state index contributed by atoms with van der Waals surface area (Å²) in [6, 6.07) is 0.00553. The summed E-state index contributed by atoms with van der Waals surface area (Å²) in [4.78, 5) is 76.9. The van der Waals surface area contributed by atoms with Crippen LogP contribution in [0.5, 0.6) is 5.75 Å². The number of aromatic hydroxyl groups is 1. The van der Waals surface area contributed by atoms with E-state index in [9.17, 15) is 53.9 Å². The number of hydrogen-bond donors (Lipinski definition) is 9. The van der Waals surface area contributed by atoms with Crippen molar-refractivity contribution in [2.24, 2.45) is 47.3 Å². The van der Waals surface area contributed by atoms with Crippen LogP contribution in [0.25, 0.3) is 0 Å². The highest BCUT2D eigenvalue weighted by Crippen LogP contribution is 2.35. The Morgan fingerprint density at radius 2 is 1.57 bits per heavy atom. The van der Waals surface area contributed by atoms with Gasteiger partial charge in [-0.25, -0.2) is 9.82 Å². The normalized spacial score (nSPS) is 25.9. The fraction of sp³-hybridized carbons (Fsp3) is 0.688. The number of aldehydes is 1. The van der Waals surface area contributed by atoms with Gasteiger partial charge in [-0.2, -0.15) is 0 Å². The quantitative estimate of drug-likeness (QED) is 0.0215. The van der Waals surface area contributed by atoms with Gasteiger partial charge in [0, 0.05) is 37.3 Å². The molecule has 0 aromatic heterocycles. The van der Waals surface area contributed by atoms with Gasteiger partial charge in [0.2, 0.25) is 18.2 Å². The van der Waals surface area contributed by atoms with E-state index in [2.05, 4.69) is 35.2 Å². The molecule has 1 aromatic carbocycles. The van der Waals surface area contributed by atoms with Crippen LogP contribution in [0.15, 0.2) is 66.3 Å². The Morgan fingerprint density at radius 1 is 0.927 bits per heavy atom. The predicted octanol–water partition coefficient (Wildman–Crippen LogP) is 8.86. The molecule has 18 heteroatoms. The van der Waals surface area contributed by atoms with Crippen molar-refractivity contribution in [1.29, 1.82) is 0 Å². The first-order valence-electron chi connectivity index (χ1n) is 30.2. The van der Waals surface area contributed by atoms with E-state index >= 15 is 0 Å². The molecular formula is C64H106FN5O12. The van der Waals surface area contributed by atoms with Gasteiger partial charge in [-0.1, -0.05) is 138 Å². The van der Waals surface area contributed by atoms with Gasteiger partial charge in [-0.15, -0.1) is 0 Å². The molecule has 9 N–H and O–H groups in total. The number of hydrazine groups is 1. The average Bonchev–Trinajstić information content (AvgIpc) is 3.62. The molecule has 0 aliphatic carbocycles. The third-order valence-corrected chi connectivity index (χ3v) is 16.1. The van der Waals surface area contributed by atoms with E-state index in [0.29, 0.717) is 83.0 Å². The van der Waals surface area contributed by atoms with Gasteiger partial charge in [0.25, 0.3) is 5.91 Å². The van der Waals surface area contributed by atoms with Crippen molar-refractivity contribution in [2.45, 2.75) is 229 Å². The molecule has 2 bridgehead atoms. The highest BCUT2D eigenvalue weighted by molar-refractivity contribution is 5.93. The minimum Gasteiger partial charge on any atom is -0.508 e. The zero-order valence-corrected chi connectivity index (χ0v) is 51.9. The lowest BCUT2D eigenvalue weighted by Gasteiger charge is -2.43. The van der Waals surface area contributed by atoms with Crippen molar-refractivity contribution in [2.75, 3.05) is 6.54 Å². The fourth-order valence-electron chi connectivity index (χ4n) is 10.4. The fourth-order valence-corrected chi connectivity index (χ4v) is 10.4. The van der Waals surface area contributed by atoms with Crippen LogP contribution in [0, 0.1) is 53.2 Å². The number of aliphatic hydroxyl groups is 4. The topological polar surface area (TPSA) is 264 Å². The number of cyclic esters (lactones) is 1. The number of ether oxygens (including phenoxy) is 1. The number of benzene rings is 1. The molecule has 12 unspecified atom stereocenters. The van der Waals surface area contributed by atoms with E-state index in [4.69, 9.17) is 9.53 Å².